The zero-order valence-corrected chi connectivity index (χ0v) is 19.3. The fourth-order valence-electron chi connectivity index (χ4n) is 4.00. The minimum Gasteiger partial charge on any atom is -0.497 e. The van der Waals surface area contributed by atoms with E-state index in [1.54, 1.807) is 20.4 Å². The average Bonchev–Trinajstić information content (AvgIpc) is 3.42. The van der Waals surface area contributed by atoms with Gasteiger partial charge in [0.2, 0.25) is 0 Å². The molecule has 4 rings (SSSR count). The molecule has 0 spiro atoms. The van der Waals surface area contributed by atoms with Crippen molar-refractivity contribution in [3.8, 4) is 11.4 Å². The number of aromatic nitrogens is 2. The summed E-state index contributed by atoms with van der Waals surface area (Å²) in [6.07, 6.45) is 3.72. The van der Waals surface area contributed by atoms with E-state index >= 15 is 0 Å². The SMILES string of the molecule is CN=C(NCc1cccc(-n2cccn2)c1)NCC(c1ccc(OC)cc1)N1CCOCC1. The van der Waals surface area contributed by atoms with E-state index in [-0.39, 0.29) is 6.04 Å². The summed E-state index contributed by atoms with van der Waals surface area (Å²) in [7, 11) is 3.49. The molecule has 1 aliphatic heterocycles. The van der Waals surface area contributed by atoms with E-state index < -0.39 is 0 Å². The maximum Gasteiger partial charge on any atom is 0.191 e. The molecule has 8 nitrogen and oxygen atoms in total. The summed E-state index contributed by atoms with van der Waals surface area (Å²) in [6, 6.07) is 18.8. The second kappa shape index (κ2) is 11.5. The number of ether oxygens (including phenoxy) is 2. The maximum absolute atomic E-state index is 5.57. The first-order chi connectivity index (χ1) is 16.3. The molecule has 1 fully saturated rings. The number of guanidine groups is 1. The van der Waals surface area contributed by atoms with E-state index in [4.69, 9.17) is 9.47 Å². The monoisotopic (exact) mass is 448 g/mol. The molecule has 8 heteroatoms. The summed E-state index contributed by atoms with van der Waals surface area (Å²) >= 11 is 0. The van der Waals surface area contributed by atoms with Crippen LogP contribution >= 0.6 is 0 Å². The number of nitrogens with zero attached hydrogens (tertiary/aromatic N) is 4. The summed E-state index contributed by atoms with van der Waals surface area (Å²) in [5.41, 5.74) is 3.44. The van der Waals surface area contributed by atoms with Gasteiger partial charge in [0.25, 0.3) is 0 Å². The molecule has 2 aromatic carbocycles. The van der Waals surface area contributed by atoms with Crippen LogP contribution in [0, 0.1) is 0 Å². The molecule has 33 heavy (non-hydrogen) atoms. The van der Waals surface area contributed by atoms with Gasteiger partial charge in [-0.15, -0.1) is 0 Å². The molecule has 1 saturated heterocycles. The number of nitrogens with one attached hydrogen (secondary N) is 2. The molecule has 2 heterocycles. The van der Waals surface area contributed by atoms with Gasteiger partial charge in [0.05, 0.1) is 32.1 Å². The third kappa shape index (κ3) is 6.12. The molecule has 174 valence electrons. The normalized spacial score (nSPS) is 15.8. The van der Waals surface area contributed by atoms with Gasteiger partial charge in [0.15, 0.2) is 5.96 Å². The summed E-state index contributed by atoms with van der Waals surface area (Å²) in [6.45, 7) is 4.73. The minimum atomic E-state index is 0.210. The molecule has 1 aromatic heterocycles. The van der Waals surface area contributed by atoms with Gasteiger partial charge >= 0.3 is 0 Å². The molecule has 3 aromatic rings. The van der Waals surface area contributed by atoms with Crippen molar-refractivity contribution < 1.29 is 9.47 Å². The Morgan fingerprint density at radius 2 is 1.94 bits per heavy atom. The maximum atomic E-state index is 5.57. The number of benzene rings is 2. The predicted octanol–water partition coefficient (Wildman–Crippen LogP) is 2.62. The Morgan fingerprint density at radius 3 is 2.64 bits per heavy atom. The zero-order valence-electron chi connectivity index (χ0n) is 19.3. The topological polar surface area (TPSA) is 75.9 Å². The second-order valence-electron chi connectivity index (χ2n) is 7.86. The minimum absolute atomic E-state index is 0.210. The van der Waals surface area contributed by atoms with E-state index in [2.05, 4.69) is 49.9 Å². The third-order valence-corrected chi connectivity index (χ3v) is 5.81. The van der Waals surface area contributed by atoms with Crippen LogP contribution in [0.5, 0.6) is 5.75 Å². The van der Waals surface area contributed by atoms with Crippen molar-refractivity contribution in [2.45, 2.75) is 12.6 Å². The van der Waals surface area contributed by atoms with Crippen LogP contribution in [0.1, 0.15) is 17.2 Å². The summed E-state index contributed by atoms with van der Waals surface area (Å²) in [5, 5.41) is 11.3. The Balaban J connectivity index is 1.39. The molecular weight excluding hydrogens is 416 g/mol. The number of hydrogen-bond acceptors (Lipinski definition) is 5. The van der Waals surface area contributed by atoms with Crippen molar-refractivity contribution >= 4 is 5.96 Å². The van der Waals surface area contributed by atoms with Crippen molar-refractivity contribution in [2.75, 3.05) is 47.0 Å². The van der Waals surface area contributed by atoms with E-state index in [1.165, 1.54) is 5.56 Å². The molecule has 0 aliphatic carbocycles. The molecule has 1 unspecified atom stereocenters. The molecular formula is C25H32N6O2. The number of rotatable bonds is 8. The lowest BCUT2D eigenvalue weighted by molar-refractivity contribution is 0.0170. The lowest BCUT2D eigenvalue weighted by Gasteiger charge is -2.35. The van der Waals surface area contributed by atoms with E-state index in [0.717, 1.165) is 55.8 Å². The van der Waals surface area contributed by atoms with E-state index in [9.17, 15) is 0 Å². The largest absolute Gasteiger partial charge is 0.497 e. The zero-order chi connectivity index (χ0) is 22.9. The van der Waals surface area contributed by atoms with Gasteiger partial charge in [0, 0.05) is 45.6 Å². The third-order valence-electron chi connectivity index (χ3n) is 5.81. The summed E-state index contributed by atoms with van der Waals surface area (Å²) < 4.78 is 12.8. The quantitative estimate of drug-likeness (QED) is 0.408. The second-order valence-corrected chi connectivity index (χ2v) is 7.86. The number of morpholine rings is 1. The van der Waals surface area contributed by atoms with Crippen LogP contribution in [0.15, 0.2) is 72.0 Å². The Kier molecular flexibility index (Phi) is 7.94. The van der Waals surface area contributed by atoms with Gasteiger partial charge in [0.1, 0.15) is 5.75 Å². The number of aliphatic imine (C=N–C) groups is 1. The number of methoxy groups -OCH3 is 1. The molecule has 0 saturated carbocycles. The molecule has 0 amide bonds. The van der Waals surface area contributed by atoms with Crippen LogP contribution < -0.4 is 15.4 Å². The Labute approximate surface area is 195 Å². The highest BCUT2D eigenvalue weighted by Crippen LogP contribution is 2.23. The molecule has 1 aliphatic rings. The van der Waals surface area contributed by atoms with Gasteiger partial charge in [-0.2, -0.15) is 5.10 Å². The predicted molar refractivity (Wildman–Crippen MR) is 130 cm³/mol. The Morgan fingerprint density at radius 1 is 1.12 bits per heavy atom. The molecule has 0 bridgehead atoms. The van der Waals surface area contributed by atoms with Crippen LogP contribution in [-0.4, -0.2) is 67.6 Å². The highest BCUT2D eigenvalue weighted by atomic mass is 16.5. The van der Waals surface area contributed by atoms with Crippen molar-refractivity contribution in [3.05, 3.63) is 78.1 Å². The molecule has 1 atom stereocenters. The lowest BCUT2D eigenvalue weighted by atomic mass is 10.0. The fourth-order valence-corrected chi connectivity index (χ4v) is 4.00. The van der Waals surface area contributed by atoms with Crippen molar-refractivity contribution in [1.29, 1.82) is 0 Å². The highest BCUT2D eigenvalue weighted by molar-refractivity contribution is 5.79. The van der Waals surface area contributed by atoms with Crippen LogP contribution in [0.3, 0.4) is 0 Å². The average molecular weight is 449 g/mol. The smallest absolute Gasteiger partial charge is 0.191 e. The Bertz CT molecular complexity index is 1010. The van der Waals surface area contributed by atoms with E-state index in [0.29, 0.717) is 6.54 Å². The van der Waals surface area contributed by atoms with Gasteiger partial charge < -0.3 is 20.1 Å². The van der Waals surface area contributed by atoms with Crippen LogP contribution in [0.2, 0.25) is 0 Å². The van der Waals surface area contributed by atoms with Gasteiger partial charge in [-0.1, -0.05) is 24.3 Å². The standard InChI is InChI=1S/C25H32N6O2/c1-26-25(27-18-20-5-3-6-22(17-20)31-12-4-11-29-31)28-19-24(30-13-15-33-16-14-30)21-7-9-23(32-2)10-8-21/h3-12,17,24H,13-16,18-19H2,1-2H3,(H2,26,27,28). The van der Waals surface area contributed by atoms with Crippen molar-refractivity contribution in [3.63, 3.8) is 0 Å². The first kappa shape index (κ1) is 22.8. The molecule has 0 radical (unpaired) electrons. The Hall–Kier alpha value is -3.36. The van der Waals surface area contributed by atoms with Gasteiger partial charge in [-0.3, -0.25) is 9.89 Å². The fraction of sp³-hybridized carbons (Fsp3) is 0.360. The van der Waals surface area contributed by atoms with Crippen molar-refractivity contribution in [2.24, 2.45) is 4.99 Å². The van der Waals surface area contributed by atoms with Gasteiger partial charge in [-0.05, 0) is 41.5 Å². The number of hydrogen-bond donors (Lipinski definition) is 2. The van der Waals surface area contributed by atoms with Crippen LogP contribution in [0.4, 0.5) is 0 Å². The lowest BCUT2D eigenvalue weighted by Crippen LogP contribution is -2.46. The molecule has 2 N–H and O–H groups in total. The van der Waals surface area contributed by atoms with Crippen LogP contribution in [0.25, 0.3) is 5.69 Å². The van der Waals surface area contributed by atoms with Crippen molar-refractivity contribution in [1.82, 2.24) is 25.3 Å². The highest BCUT2D eigenvalue weighted by Gasteiger charge is 2.23. The summed E-state index contributed by atoms with van der Waals surface area (Å²) in [4.78, 5) is 6.88. The van der Waals surface area contributed by atoms with E-state index in [1.807, 2.05) is 41.2 Å². The van der Waals surface area contributed by atoms with Crippen LogP contribution in [-0.2, 0) is 11.3 Å². The first-order valence-electron chi connectivity index (χ1n) is 11.3. The van der Waals surface area contributed by atoms with Gasteiger partial charge in [-0.25, -0.2) is 4.68 Å². The first-order valence-corrected chi connectivity index (χ1v) is 11.3. The summed E-state index contributed by atoms with van der Waals surface area (Å²) in [5.74, 6) is 1.63.